The minimum atomic E-state index is -0.496. The first kappa shape index (κ1) is 16.4. The van der Waals surface area contributed by atoms with Crippen molar-refractivity contribution in [2.75, 3.05) is 22.6 Å². The van der Waals surface area contributed by atoms with Gasteiger partial charge in [-0.25, -0.2) is 0 Å². The van der Waals surface area contributed by atoms with Crippen LogP contribution in [-0.4, -0.2) is 29.0 Å². The van der Waals surface area contributed by atoms with Crippen LogP contribution in [0.2, 0.25) is 0 Å². The topological polar surface area (TPSA) is 81.4 Å². The fraction of sp³-hybridized carbons (Fsp3) is 0.429. The predicted octanol–water partition coefficient (Wildman–Crippen LogP) is 2.28. The van der Waals surface area contributed by atoms with Gasteiger partial charge in [0.05, 0.1) is 11.5 Å². The molecular weight excluding hydrogens is 276 g/mol. The first-order chi connectivity index (χ1) is 9.26. The van der Waals surface area contributed by atoms with Crippen molar-refractivity contribution in [1.29, 1.82) is 0 Å². The Labute approximate surface area is 123 Å². The van der Waals surface area contributed by atoms with E-state index in [0.29, 0.717) is 11.4 Å². The Morgan fingerprint density at radius 3 is 2.35 bits per heavy atom. The molecule has 0 saturated carbocycles. The maximum absolute atomic E-state index is 11.6. The van der Waals surface area contributed by atoms with Crippen LogP contribution in [0.4, 0.5) is 11.4 Å². The third-order valence-corrected chi connectivity index (χ3v) is 2.97. The molecule has 1 amide bonds. The highest BCUT2D eigenvalue weighted by Crippen LogP contribution is 2.12. The van der Waals surface area contributed by atoms with E-state index in [9.17, 15) is 9.59 Å². The van der Waals surface area contributed by atoms with E-state index >= 15 is 0 Å². The van der Waals surface area contributed by atoms with Gasteiger partial charge in [0.1, 0.15) is 5.60 Å². The van der Waals surface area contributed by atoms with Crippen molar-refractivity contribution < 1.29 is 14.3 Å². The molecule has 0 atom stereocenters. The summed E-state index contributed by atoms with van der Waals surface area (Å²) >= 11 is 1.22. The van der Waals surface area contributed by atoms with Crippen molar-refractivity contribution in [2.24, 2.45) is 0 Å². The number of benzene rings is 1. The van der Waals surface area contributed by atoms with Crippen LogP contribution < -0.4 is 11.1 Å². The van der Waals surface area contributed by atoms with Crippen molar-refractivity contribution in [3.05, 3.63) is 24.3 Å². The first-order valence-corrected chi connectivity index (χ1v) is 7.37. The van der Waals surface area contributed by atoms with E-state index in [1.54, 1.807) is 24.3 Å². The highest BCUT2D eigenvalue weighted by atomic mass is 32.2. The van der Waals surface area contributed by atoms with Crippen LogP contribution in [0.5, 0.6) is 0 Å². The van der Waals surface area contributed by atoms with Gasteiger partial charge in [0.25, 0.3) is 0 Å². The molecule has 0 radical (unpaired) electrons. The normalized spacial score (nSPS) is 10.9. The Balaban J connectivity index is 2.27. The summed E-state index contributed by atoms with van der Waals surface area (Å²) in [6.07, 6.45) is 0. The lowest BCUT2D eigenvalue weighted by molar-refractivity contribution is -0.151. The number of hydrogen-bond acceptors (Lipinski definition) is 5. The van der Waals surface area contributed by atoms with Crippen LogP contribution in [0.25, 0.3) is 0 Å². The predicted molar refractivity (Wildman–Crippen MR) is 82.7 cm³/mol. The number of nitrogens with two attached hydrogens (primary N) is 1. The van der Waals surface area contributed by atoms with Gasteiger partial charge in [-0.1, -0.05) is 0 Å². The average Bonchev–Trinajstić information content (AvgIpc) is 2.29. The summed E-state index contributed by atoms with van der Waals surface area (Å²) in [7, 11) is 0. The summed E-state index contributed by atoms with van der Waals surface area (Å²) in [5.74, 6) is -0.123. The van der Waals surface area contributed by atoms with Crippen LogP contribution in [0.15, 0.2) is 24.3 Å². The van der Waals surface area contributed by atoms with Gasteiger partial charge < -0.3 is 15.8 Å². The number of thioether (sulfide) groups is 1. The molecule has 0 unspecified atom stereocenters. The molecule has 0 aromatic heterocycles. The third-order valence-electron chi connectivity index (χ3n) is 2.07. The van der Waals surface area contributed by atoms with Gasteiger partial charge in [-0.15, -0.1) is 11.8 Å². The standard InChI is InChI=1S/C14H20N2O3S/c1-14(2,3)19-13(18)9-20-8-12(17)16-11-6-4-10(15)5-7-11/h4-7H,8-9,15H2,1-3H3,(H,16,17). The van der Waals surface area contributed by atoms with Gasteiger partial charge in [-0.05, 0) is 45.0 Å². The Hall–Kier alpha value is -1.69. The van der Waals surface area contributed by atoms with E-state index in [-0.39, 0.29) is 23.4 Å². The Morgan fingerprint density at radius 2 is 1.80 bits per heavy atom. The Kier molecular flexibility index (Phi) is 5.88. The fourth-order valence-electron chi connectivity index (χ4n) is 1.36. The zero-order valence-corrected chi connectivity index (χ0v) is 12.8. The van der Waals surface area contributed by atoms with Crippen molar-refractivity contribution in [3.63, 3.8) is 0 Å². The van der Waals surface area contributed by atoms with E-state index in [0.717, 1.165) is 0 Å². The molecule has 0 aliphatic carbocycles. The number of rotatable bonds is 5. The zero-order valence-electron chi connectivity index (χ0n) is 11.9. The van der Waals surface area contributed by atoms with E-state index in [1.165, 1.54) is 11.8 Å². The van der Waals surface area contributed by atoms with Gasteiger partial charge in [0.15, 0.2) is 0 Å². The number of carbonyl (C=O) groups excluding carboxylic acids is 2. The average molecular weight is 296 g/mol. The molecule has 0 aliphatic rings. The van der Waals surface area contributed by atoms with Gasteiger partial charge in [-0.3, -0.25) is 9.59 Å². The summed E-state index contributed by atoms with van der Waals surface area (Å²) < 4.78 is 5.15. The largest absolute Gasteiger partial charge is 0.459 e. The molecule has 0 spiro atoms. The molecule has 6 heteroatoms. The SMILES string of the molecule is CC(C)(C)OC(=O)CSCC(=O)Nc1ccc(N)cc1. The number of ether oxygens (including phenoxy) is 1. The summed E-state index contributed by atoms with van der Waals surface area (Å²) in [6.45, 7) is 5.43. The molecule has 0 saturated heterocycles. The number of nitrogen functional groups attached to an aromatic ring is 1. The van der Waals surface area contributed by atoms with E-state index in [2.05, 4.69) is 5.32 Å². The highest BCUT2D eigenvalue weighted by molar-refractivity contribution is 8.00. The molecule has 20 heavy (non-hydrogen) atoms. The molecule has 1 aromatic carbocycles. The molecule has 1 rings (SSSR count). The number of esters is 1. The molecule has 3 N–H and O–H groups in total. The molecule has 0 aliphatic heterocycles. The minimum Gasteiger partial charge on any atom is -0.459 e. The first-order valence-electron chi connectivity index (χ1n) is 6.21. The second-order valence-electron chi connectivity index (χ2n) is 5.25. The van der Waals surface area contributed by atoms with E-state index in [1.807, 2.05) is 20.8 Å². The van der Waals surface area contributed by atoms with Crippen LogP contribution in [0.3, 0.4) is 0 Å². The Bertz CT molecular complexity index is 466. The number of hydrogen-bond donors (Lipinski definition) is 2. The van der Waals surface area contributed by atoms with Crippen LogP contribution >= 0.6 is 11.8 Å². The maximum Gasteiger partial charge on any atom is 0.316 e. The smallest absolute Gasteiger partial charge is 0.316 e. The number of amides is 1. The number of nitrogens with one attached hydrogen (secondary N) is 1. The molecule has 0 fully saturated rings. The van der Waals surface area contributed by atoms with Crippen molar-refractivity contribution in [3.8, 4) is 0 Å². The lowest BCUT2D eigenvalue weighted by Gasteiger charge is -2.19. The number of anilines is 2. The van der Waals surface area contributed by atoms with Crippen molar-refractivity contribution >= 4 is 35.0 Å². The highest BCUT2D eigenvalue weighted by Gasteiger charge is 2.16. The van der Waals surface area contributed by atoms with Crippen LogP contribution in [0, 0.1) is 0 Å². The maximum atomic E-state index is 11.6. The van der Waals surface area contributed by atoms with Crippen molar-refractivity contribution in [1.82, 2.24) is 0 Å². The quantitative estimate of drug-likeness (QED) is 0.643. The molecular formula is C14H20N2O3S. The Morgan fingerprint density at radius 1 is 1.20 bits per heavy atom. The lowest BCUT2D eigenvalue weighted by Crippen LogP contribution is -2.25. The molecule has 5 nitrogen and oxygen atoms in total. The second kappa shape index (κ2) is 7.19. The monoisotopic (exact) mass is 296 g/mol. The molecule has 0 bridgehead atoms. The van der Waals surface area contributed by atoms with E-state index < -0.39 is 5.60 Å². The molecule has 0 heterocycles. The minimum absolute atomic E-state index is 0.159. The van der Waals surface area contributed by atoms with Gasteiger partial charge in [0.2, 0.25) is 5.91 Å². The lowest BCUT2D eigenvalue weighted by atomic mass is 10.2. The summed E-state index contributed by atoms with van der Waals surface area (Å²) in [5, 5.41) is 2.72. The van der Waals surface area contributed by atoms with Gasteiger partial charge >= 0.3 is 5.97 Å². The van der Waals surface area contributed by atoms with Gasteiger partial charge in [0, 0.05) is 11.4 Å². The number of carbonyl (C=O) groups is 2. The van der Waals surface area contributed by atoms with Gasteiger partial charge in [-0.2, -0.15) is 0 Å². The van der Waals surface area contributed by atoms with Crippen LogP contribution in [0.1, 0.15) is 20.8 Å². The molecule has 110 valence electrons. The fourth-order valence-corrected chi connectivity index (χ4v) is 1.95. The second-order valence-corrected chi connectivity index (χ2v) is 6.24. The third kappa shape index (κ3) is 7.04. The molecule has 1 aromatic rings. The summed E-state index contributed by atoms with van der Waals surface area (Å²) in [5.41, 5.74) is 6.38. The van der Waals surface area contributed by atoms with Crippen molar-refractivity contribution in [2.45, 2.75) is 26.4 Å². The zero-order chi connectivity index (χ0) is 15.2. The summed E-state index contributed by atoms with van der Waals surface area (Å²) in [4.78, 5) is 23.1. The summed E-state index contributed by atoms with van der Waals surface area (Å²) in [6, 6.07) is 6.88. The van der Waals surface area contributed by atoms with E-state index in [4.69, 9.17) is 10.5 Å². The van der Waals surface area contributed by atoms with Crippen LogP contribution in [-0.2, 0) is 14.3 Å².